The van der Waals surface area contributed by atoms with Crippen molar-refractivity contribution >= 4 is 22.8 Å². The highest BCUT2D eigenvalue weighted by molar-refractivity contribution is 5.93. The average molecular weight is 224 g/mol. The third-order valence-electron chi connectivity index (χ3n) is 3.01. The smallest absolute Gasteiger partial charge is 0.307 e. The van der Waals surface area contributed by atoms with E-state index in [0.29, 0.717) is 6.42 Å². The molecule has 0 aromatic heterocycles. The van der Waals surface area contributed by atoms with Gasteiger partial charge in [0.15, 0.2) is 0 Å². The predicted octanol–water partition coefficient (Wildman–Crippen LogP) is 3.30. The summed E-state index contributed by atoms with van der Waals surface area (Å²) in [5.41, 5.74) is 2.40. The van der Waals surface area contributed by atoms with Crippen LogP contribution in [0.3, 0.4) is 0 Å². The minimum atomic E-state index is -0.256. The molecule has 0 fully saturated rings. The number of carbonyl (C=O) groups is 1. The van der Waals surface area contributed by atoms with Gasteiger partial charge in [0.05, 0.1) is 0 Å². The van der Waals surface area contributed by atoms with Crippen LogP contribution >= 0.6 is 0 Å². The van der Waals surface area contributed by atoms with Gasteiger partial charge in [-0.2, -0.15) is 0 Å². The van der Waals surface area contributed by atoms with Crippen LogP contribution in [0.4, 0.5) is 0 Å². The molecule has 3 rings (SSSR count). The summed E-state index contributed by atoms with van der Waals surface area (Å²) in [6.07, 6.45) is 2.68. The highest BCUT2D eigenvalue weighted by Crippen LogP contribution is 2.32. The first-order chi connectivity index (χ1) is 8.24. The first-order valence-electron chi connectivity index (χ1n) is 5.63. The Labute approximate surface area is 99.5 Å². The first-order valence-corrected chi connectivity index (χ1v) is 5.63. The van der Waals surface area contributed by atoms with Crippen molar-refractivity contribution in [2.24, 2.45) is 0 Å². The van der Waals surface area contributed by atoms with Crippen molar-refractivity contribution in [3.63, 3.8) is 0 Å². The van der Waals surface area contributed by atoms with E-state index in [2.05, 4.69) is 24.3 Å². The number of hydrogen-bond acceptors (Lipinski definition) is 2. The van der Waals surface area contributed by atoms with Gasteiger partial charge >= 0.3 is 5.97 Å². The lowest BCUT2D eigenvalue weighted by atomic mass is 10.0. The first kappa shape index (κ1) is 10.1. The van der Waals surface area contributed by atoms with Crippen molar-refractivity contribution in [1.82, 2.24) is 0 Å². The van der Waals surface area contributed by atoms with Crippen molar-refractivity contribution in [2.45, 2.75) is 13.3 Å². The molecule has 1 aliphatic rings. The van der Waals surface area contributed by atoms with Crippen molar-refractivity contribution in [1.29, 1.82) is 0 Å². The Balaban J connectivity index is 2.13. The Bertz CT molecular complexity index is 638. The Morgan fingerprint density at radius 1 is 1.18 bits per heavy atom. The summed E-state index contributed by atoms with van der Waals surface area (Å²) in [6.45, 7) is 1.43. The fourth-order valence-electron chi connectivity index (χ4n) is 2.32. The molecule has 0 saturated carbocycles. The molecule has 0 spiro atoms. The van der Waals surface area contributed by atoms with Gasteiger partial charge in [-0.1, -0.05) is 36.4 Å². The van der Waals surface area contributed by atoms with E-state index in [4.69, 9.17) is 4.74 Å². The van der Waals surface area contributed by atoms with Crippen LogP contribution in [0.2, 0.25) is 0 Å². The lowest BCUT2D eigenvalue weighted by molar-refractivity contribution is -0.136. The molecule has 17 heavy (non-hydrogen) atoms. The Hall–Kier alpha value is -2.09. The normalized spacial score (nSPS) is 13.4. The lowest BCUT2D eigenvalue weighted by Gasteiger charge is -2.03. The van der Waals surface area contributed by atoms with Crippen molar-refractivity contribution in [3.8, 4) is 0 Å². The Kier molecular flexibility index (Phi) is 2.22. The van der Waals surface area contributed by atoms with E-state index < -0.39 is 0 Å². The van der Waals surface area contributed by atoms with Crippen molar-refractivity contribution in [3.05, 3.63) is 53.3 Å². The highest BCUT2D eigenvalue weighted by atomic mass is 16.5. The van der Waals surface area contributed by atoms with Gasteiger partial charge < -0.3 is 4.74 Å². The Morgan fingerprint density at radius 2 is 2.00 bits per heavy atom. The summed E-state index contributed by atoms with van der Waals surface area (Å²) in [5, 5.41) is 2.43. The van der Waals surface area contributed by atoms with Crippen LogP contribution < -0.4 is 0 Å². The zero-order chi connectivity index (χ0) is 11.8. The number of hydrogen-bond donors (Lipinski definition) is 0. The maximum Gasteiger partial charge on any atom is 0.307 e. The van der Waals surface area contributed by atoms with E-state index in [1.54, 1.807) is 0 Å². The van der Waals surface area contributed by atoms with Gasteiger partial charge in [-0.3, -0.25) is 4.79 Å². The number of esters is 1. The number of rotatable bonds is 1. The standard InChI is InChI=1S/C15H12O2/c1-10(16)17-13-8-12-7-6-11-4-2-3-5-14(11)15(12)9-13/h2-7,9H,8H2,1H3. The molecule has 84 valence electrons. The fraction of sp³-hybridized carbons (Fsp3) is 0.133. The highest BCUT2D eigenvalue weighted by Gasteiger charge is 2.16. The topological polar surface area (TPSA) is 26.3 Å². The summed E-state index contributed by atoms with van der Waals surface area (Å²) >= 11 is 0. The molecule has 0 heterocycles. The van der Waals surface area contributed by atoms with Crippen molar-refractivity contribution < 1.29 is 9.53 Å². The van der Waals surface area contributed by atoms with E-state index in [-0.39, 0.29) is 5.97 Å². The Morgan fingerprint density at radius 3 is 2.82 bits per heavy atom. The van der Waals surface area contributed by atoms with Crippen molar-refractivity contribution in [2.75, 3.05) is 0 Å². The molecule has 2 aromatic carbocycles. The van der Waals surface area contributed by atoms with Crippen LogP contribution in [0.15, 0.2) is 42.2 Å². The number of ether oxygens (including phenoxy) is 1. The van der Waals surface area contributed by atoms with Crippen LogP contribution in [0.25, 0.3) is 16.8 Å². The second kappa shape index (κ2) is 3.74. The van der Waals surface area contributed by atoms with Crippen LogP contribution in [-0.4, -0.2) is 5.97 Å². The molecule has 0 aliphatic heterocycles. The minimum Gasteiger partial charge on any atom is -0.431 e. The van der Waals surface area contributed by atoms with Gasteiger partial charge in [-0.25, -0.2) is 0 Å². The molecule has 1 aliphatic carbocycles. The van der Waals surface area contributed by atoms with Crippen LogP contribution in [-0.2, 0) is 16.0 Å². The van der Waals surface area contributed by atoms with E-state index in [1.165, 1.54) is 28.8 Å². The number of benzene rings is 2. The molecule has 2 aromatic rings. The summed E-state index contributed by atoms with van der Waals surface area (Å²) in [6, 6.07) is 12.5. The SMILES string of the molecule is CC(=O)OC1=Cc2c(ccc3ccccc23)C1. The summed E-state index contributed by atoms with van der Waals surface area (Å²) in [5.74, 6) is 0.484. The quantitative estimate of drug-likeness (QED) is 0.695. The molecule has 0 N–H and O–H groups in total. The van der Waals surface area contributed by atoms with Gasteiger partial charge in [0.25, 0.3) is 0 Å². The summed E-state index contributed by atoms with van der Waals surface area (Å²) < 4.78 is 5.16. The largest absolute Gasteiger partial charge is 0.431 e. The summed E-state index contributed by atoms with van der Waals surface area (Å²) in [4.78, 5) is 11.0. The second-order valence-corrected chi connectivity index (χ2v) is 4.24. The van der Waals surface area contributed by atoms with Gasteiger partial charge in [0.1, 0.15) is 5.76 Å². The maximum atomic E-state index is 11.0. The third-order valence-corrected chi connectivity index (χ3v) is 3.01. The maximum absolute atomic E-state index is 11.0. The molecule has 0 radical (unpaired) electrons. The monoisotopic (exact) mass is 224 g/mol. The molecule has 0 amide bonds. The molecular formula is C15H12O2. The molecule has 2 nitrogen and oxygen atoms in total. The van der Waals surface area contributed by atoms with E-state index in [0.717, 1.165) is 5.76 Å². The van der Waals surface area contributed by atoms with Gasteiger partial charge in [-0.15, -0.1) is 0 Å². The fourth-order valence-corrected chi connectivity index (χ4v) is 2.32. The van der Waals surface area contributed by atoms with Crippen LogP contribution in [0.1, 0.15) is 18.1 Å². The van der Waals surface area contributed by atoms with E-state index >= 15 is 0 Å². The third kappa shape index (κ3) is 1.72. The van der Waals surface area contributed by atoms with E-state index in [9.17, 15) is 4.79 Å². The van der Waals surface area contributed by atoms with E-state index in [1.807, 2.05) is 18.2 Å². The molecule has 0 atom stereocenters. The number of fused-ring (bicyclic) bond motifs is 3. The predicted molar refractivity (Wildman–Crippen MR) is 67.4 cm³/mol. The minimum absolute atomic E-state index is 0.256. The number of allylic oxidation sites excluding steroid dienone is 1. The average Bonchev–Trinajstić information content (AvgIpc) is 2.70. The lowest BCUT2D eigenvalue weighted by Crippen LogP contribution is -1.98. The second-order valence-electron chi connectivity index (χ2n) is 4.24. The zero-order valence-electron chi connectivity index (χ0n) is 9.57. The molecular weight excluding hydrogens is 212 g/mol. The number of carbonyl (C=O) groups excluding carboxylic acids is 1. The zero-order valence-corrected chi connectivity index (χ0v) is 9.57. The van der Waals surface area contributed by atoms with Crippen LogP contribution in [0, 0.1) is 0 Å². The summed E-state index contributed by atoms with van der Waals surface area (Å²) in [7, 11) is 0. The van der Waals surface area contributed by atoms with Gasteiger partial charge in [-0.05, 0) is 28.0 Å². The van der Waals surface area contributed by atoms with Gasteiger partial charge in [0.2, 0.25) is 0 Å². The van der Waals surface area contributed by atoms with Crippen LogP contribution in [0.5, 0.6) is 0 Å². The molecule has 0 unspecified atom stereocenters. The molecule has 0 bridgehead atoms. The molecule has 2 heteroatoms. The molecule has 0 saturated heterocycles. The van der Waals surface area contributed by atoms with Gasteiger partial charge in [0, 0.05) is 13.3 Å².